The number of thiazole rings is 6. The molecule has 6 N–H and O–H groups in total. The van der Waals surface area contributed by atoms with E-state index in [0.29, 0.717) is 162 Å². The molecule has 6 aromatic heterocycles. The van der Waals surface area contributed by atoms with Crippen molar-refractivity contribution in [3.05, 3.63) is 420 Å². The number of halogens is 6. The first-order chi connectivity index (χ1) is 70.8. The zero-order chi connectivity index (χ0) is 98.1. The molecule has 0 atom stereocenters. The molecule has 36 heteroatoms. The summed E-state index contributed by atoms with van der Waals surface area (Å²) in [6.45, 7) is -0.947. The maximum atomic E-state index is 7.43. The van der Waals surface area contributed by atoms with Crippen LogP contribution in [0.15, 0.2) is 354 Å². The quantitative estimate of drug-likeness (QED) is 0.0153. The number of nitrogens with zero attached hydrogens (tertiary/aromatic N) is 12. The highest BCUT2D eigenvalue weighted by atomic mass is 35.5. The molecule has 0 radical (unpaired) electrons. The van der Waals surface area contributed by atoms with Crippen LogP contribution < -0.4 is 61.0 Å². The van der Waals surface area contributed by atoms with Crippen molar-refractivity contribution in [1.29, 1.82) is 0 Å². The lowest BCUT2D eigenvalue weighted by Gasteiger charge is -2.28. The minimum Gasteiger partial charge on any atom is -0.488 e. The summed E-state index contributed by atoms with van der Waals surface area (Å²) in [5.74, 6) is 2.76. The number of benzene rings is 13. The molecule has 0 aliphatic rings. The van der Waals surface area contributed by atoms with Gasteiger partial charge >= 0.3 is 0 Å². The monoisotopic (exact) mass is 2120 g/mol. The average Bonchev–Trinajstić information content (AvgIpc) is 1.75. The molecule has 13 aromatic carbocycles. The van der Waals surface area contributed by atoms with E-state index in [2.05, 4.69) is 32.6 Å². The molecule has 0 bridgehead atoms. The van der Waals surface area contributed by atoms with Gasteiger partial charge in [0.05, 0.1) is 71.5 Å². The maximum Gasteiger partial charge on any atom is 0.203 e. The first-order valence-corrected chi connectivity index (χ1v) is 51.8. The molecule has 0 fully saturated rings. The van der Waals surface area contributed by atoms with Crippen LogP contribution in [-0.2, 0) is 39.6 Å². The van der Waals surface area contributed by atoms with Crippen molar-refractivity contribution >= 4 is 206 Å². The molecule has 0 saturated carbocycles. The number of nitrogens with one attached hydrogen (secondary N) is 6. The van der Waals surface area contributed by atoms with E-state index in [0.717, 1.165) is 67.5 Å². The summed E-state index contributed by atoms with van der Waals surface area (Å²) < 4.78 is 44.6. The van der Waals surface area contributed by atoms with Gasteiger partial charge in [0.1, 0.15) is 74.1 Å². The molecule has 0 aliphatic carbocycles. The summed E-state index contributed by atoms with van der Waals surface area (Å²) in [7, 11) is 0. The van der Waals surface area contributed by atoms with Gasteiger partial charge in [0.2, 0.25) is 30.8 Å². The van der Waals surface area contributed by atoms with Gasteiger partial charge in [0, 0.05) is 163 Å². The Morgan fingerprint density at radius 1 is 0.194 bits per heavy atom. The molecule has 0 aliphatic heterocycles. The van der Waals surface area contributed by atoms with Crippen LogP contribution in [0.2, 0.25) is 30.1 Å². The largest absolute Gasteiger partial charge is 0.488 e. The van der Waals surface area contributed by atoms with Crippen molar-refractivity contribution < 1.29 is 28.4 Å². The zero-order valence-electron chi connectivity index (χ0n) is 75.4. The zero-order valence-corrected chi connectivity index (χ0v) is 84.9. The molecule has 19 rings (SSSR count). The number of hydrazone groups is 6. The Morgan fingerprint density at radius 2 is 0.333 bits per heavy atom. The Labute approximate surface area is 881 Å². The highest BCUT2D eigenvalue weighted by Crippen LogP contribution is 2.41. The van der Waals surface area contributed by atoms with Gasteiger partial charge in [-0.15, -0.1) is 68.0 Å². The van der Waals surface area contributed by atoms with Gasteiger partial charge in [-0.2, -0.15) is 30.6 Å². The second kappa shape index (κ2) is 48.2. The molecular formula is C108H78Cl6N18O6S6. The van der Waals surface area contributed by atoms with E-state index in [9.17, 15) is 0 Å². The van der Waals surface area contributed by atoms with E-state index < -0.39 is 0 Å². The van der Waals surface area contributed by atoms with Crippen LogP contribution in [0.3, 0.4) is 0 Å². The standard InChI is InChI=1S/C108H78Cl6N18O6S6/c109-79-37-25-67(26-38-79)91-61-139-103(121-91)127-115-49-73-13-1-7-19-97(73)133-55-85-86(56-134-98-20-8-2-14-74(98)50-116-128-104-122-92(62-140-104)68-27-39-80(110)40-28-68)88(58-136-100-22-10-4-16-76(100)52-118-130-106-124-94(64-142-106)70-31-43-82(112)44-32-70)90(60-138-102-24-12-6-18-78(102)54-120-132-108-126-96(66-144-108)72-35-47-84(114)48-36-72)89(59-137-101-23-11-5-17-77(101)53-119-131-107-125-95(65-143-107)71-33-45-83(113)46-34-71)87(85)57-135-99-21-9-3-15-75(99)51-117-129-105-123-93(63-141-105)69-29-41-81(111)42-30-69/h1-54,61-66H,55-60H2,(H,121,127)(H,122,128)(H,123,129)(H,124,130)(H,125,131)(H,126,132)/b115-49+,116-50+,117-51+,118-52+,119-53+,120-54+. The lowest BCUT2D eigenvalue weighted by atomic mass is 9.87. The lowest BCUT2D eigenvalue weighted by Crippen LogP contribution is -2.22. The molecule has 144 heavy (non-hydrogen) atoms. The first kappa shape index (κ1) is 97.8. The first-order valence-electron chi connectivity index (χ1n) is 44.3. The van der Waals surface area contributed by atoms with Gasteiger partial charge in [0.15, 0.2) is 0 Å². The van der Waals surface area contributed by atoms with Crippen LogP contribution in [-0.4, -0.2) is 67.2 Å². The SMILES string of the molecule is Clc1ccc(-c2csc(N/N=C/c3ccccc3OCc3c(COc4ccccc4/C=N/Nc4nc(-c5ccc(Cl)cc5)cs4)c(COc4ccccc4/C=N/Nc4nc(-c5ccc(Cl)cc5)cs4)c(COc4ccccc4/C=N/Nc4nc(-c5ccc(Cl)cc5)cs4)c(COc4ccccc4/C=N/Nc4nc(-c5ccc(Cl)cc5)cs4)c3COc3ccccc3/C=N/Nc3nc(-c4ccc(Cl)cc4)cs3)n2)cc1. The highest BCUT2D eigenvalue weighted by molar-refractivity contribution is 7.15. The fourth-order valence-corrected chi connectivity index (χ4v) is 19.5. The molecule has 0 spiro atoms. The Morgan fingerprint density at radius 3 is 0.479 bits per heavy atom. The summed E-state index contributed by atoms with van der Waals surface area (Å²) in [4.78, 5) is 29.2. The third kappa shape index (κ3) is 25.9. The van der Waals surface area contributed by atoms with Crippen LogP contribution in [0.4, 0.5) is 30.8 Å². The summed E-state index contributed by atoms with van der Waals surface area (Å²) in [5.41, 5.74) is 36.3. The highest BCUT2D eigenvalue weighted by Gasteiger charge is 2.29. The third-order valence-electron chi connectivity index (χ3n) is 22.0. The lowest BCUT2D eigenvalue weighted by molar-refractivity contribution is 0.248. The van der Waals surface area contributed by atoms with Crippen LogP contribution in [0.1, 0.15) is 66.8 Å². The van der Waals surface area contributed by atoms with Gasteiger partial charge in [-0.25, -0.2) is 29.9 Å². The maximum absolute atomic E-state index is 7.43. The van der Waals surface area contributed by atoms with Gasteiger partial charge in [-0.05, 0) is 146 Å². The minimum absolute atomic E-state index is 0.158. The molecule has 0 unspecified atom stereocenters. The van der Waals surface area contributed by atoms with Crippen molar-refractivity contribution in [3.8, 4) is 102 Å². The van der Waals surface area contributed by atoms with Crippen molar-refractivity contribution in [2.75, 3.05) is 32.6 Å². The van der Waals surface area contributed by atoms with E-state index in [1.165, 1.54) is 68.0 Å². The van der Waals surface area contributed by atoms with E-state index in [1.54, 1.807) is 37.3 Å². The third-order valence-corrected chi connectivity index (χ3v) is 28.0. The van der Waals surface area contributed by atoms with Gasteiger partial charge < -0.3 is 28.4 Å². The van der Waals surface area contributed by atoms with Crippen molar-refractivity contribution in [2.24, 2.45) is 30.6 Å². The number of hydrogen-bond acceptors (Lipinski definition) is 30. The van der Waals surface area contributed by atoms with E-state index in [-0.39, 0.29) is 39.6 Å². The molecule has 0 saturated heterocycles. The topological polar surface area (TPSA) is 279 Å². The smallest absolute Gasteiger partial charge is 0.203 e. The second-order valence-corrected chi connectivity index (χ2v) is 39.1. The Hall–Kier alpha value is -15.0. The Kier molecular flexibility index (Phi) is 32.7. The van der Waals surface area contributed by atoms with Gasteiger partial charge in [-0.3, -0.25) is 32.6 Å². The van der Waals surface area contributed by atoms with Gasteiger partial charge in [0.25, 0.3) is 0 Å². The van der Waals surface area contributed by atoms with Crippen LogP contribution in [0.5, 0.6) is 34.5 Å². The number of anilines is 6. The number of para-hydroxylation sites is 6. The van der Waals surface area contributed by atoms with Crippen LogP contribution in [0.25, 0.3) is 67.5 Å². The Balaban J connectivity index is 0.764. The van der Waals surface area contributed by atoms with E-state index >= 15 is 0 Å². The molecule has 24 nitrogen and oxygen atoms in total. The molecule has 6 heterocycles. The predicted octanol–water partition coefficient (Wildman–Crippen LogP) is 30.5. The fourth-order valence-electron chi connectivity index (χ4n) is 14.8. The predicted molar refractivity (Wildman–Crippen MR) is 594 cm³/mol. The molecular weight excluding hydrogens is 2050 g/mol. The summed E-state index contributed by atoms with van der Waals surface area (Å²) in [6.07, 6.45) is 10.2. The van der Waals surface area contributed by atoms with Crippen molar-refractivity contribution in [1.82, 2.24) is 29.9 Å². The number of rotatable bonds is 42. The number of hydrogen-bond donors (Lipinski definition) is 6. The minimum atomic E-state index is -0.158. The molecule has 714 valence electrons. The number of ether oxygens (including phenoxy) is 6. The van der Waals surface area contributed by atoms with E-state index in [1.807, 2.05) is 323 Å². The van der Waals surface area contributed by atoms with Crippen molar-refractivity contribution in [3.63, 3.8) is 0 Å². The molecule has 19 aromatic rings. The van der Waals surface area contributed by atoms with Crippen LogP contribution >= 0.6 is 138 Å². The van der Waals surface area contributed by atoms with Crippen molar-refractivity contribution in [2.45, 2.75) is 39.6 Å². The molecule has 0 amide bonds. The summed E-state index contributed by atoms with van der Waals surface area (Å²) >= 11 is 46.3. The average molecular weight is 2130 g/mol. The Bertz CT molecular complexity index is 6640. The van der Waals surface area contributed by atoms with Gasteiger partial charge in [-0.1, -0.05) is 215 Å². The second-order valence-electron chi connectivity index (χ2n) is 31.3. The van der Waals surface area contributed by atoms with E-state index in [4.69, 9.17) is 159 Å². The fraction of sp³-hybridized carbons (Fsp3) is 0.0556. The van der Waals surface area contributed by atoms with Crippen LogP contribution in [0, 0.1) is 0 Å². The summed E-state index contributed by atoms with van der Waals surface area (Å²) in [5, 5.41) is 47.4. The summed E-state index contributed by atoms with van der Waals surface area (Å²) in [6, 6.07) is 90.9. The normalized spacial score (nSPS) is 11.5. The number of aromatic nitrogens is 6.